The van der Waals surface area contributed by atoms with Crippen molar-refractivity contribution < 1.29 is 19.5 Å². The van der Waals surface area contributed by atoms with Crippen molar-refractivity contribution in [3.63, 3.8) is 0 Å². The maximum Gasteiger partial charge on any atom is 0.326 e. The number of nitrogens with one attached hydrogen (secondary N) is 2. The average molecular weight is 316 g/mol. The number of carbonyl (C=O) groups excluding carboxylic acids is 2. The Morgan fingerprint density at radius 2 is 1.91 bits per heavy atom. The Balaban J connectivity index is 1.95. The Morgan fingerprint density at radius 1 is 1.26 bits per heavy atom. The van der Waals surface area contributed by atoms with E-state index in [9.17, 15) is 14.4 Å². The van der Waals surface area contributed by atoms with Crippen molar-refractivity contribution >= 4 is 23.5 Å². The first-order valence-corrected chi connectivity index (χ1v) is 7.57. The van der Waals surface area contributed by atoms with Gasteiger partial charge < -0.3 is 15.7 Å². The molecule has 3 N–H and O–H groups in total. The molecule has 6 nitrogen and oxygen atoms in total. The standard InChI is InChI=1S/C17H20N2O4/c1-2-3-4-14(17(22)23)19-16(21)12-7-9-13(10-8-12)18-15(20)11-5-6-11/h2-3,7-11,14H,4-6H2,1H3,(H,18,20)(H,19,21)(H,22,23)/b3-2+. The van der Waals surface area contributed by atoms with Crippen LogP contribution in [-0.4, -0.2) is 28.9 Å². The molecule has 1 aromatic rings. The van der Waals surface area contributed by atoms with E-state index in [1.807, 2.05) is 0 Å². The van der Waals surface area contributed by atoms with E-state index in [1.165, 1.54) is 0 Å². The van der Waals surface area contributed by atoms with Crippen LogP contribution in [0.5, 0.6) is 0 Å². The number of carboxylic acids is 1. The second-order valence-electron chi connectivity index (χ2n) is 5.51. The third-order valence-electron chi connectivity index (χ3n) is 3.57. The van der Waals surface area contributed by atoms with Gasteiger partial charge in [0.1, 0.15) is 6.04 Å². The van der Waals surface area contributed by atoms with E-state index >= 15 is 0 Å². The topological polar surface area (TPSA) is 95.5 Å². The highest BCUT2D eigenvalue weighted by molar-refractivity contribution is 5.98. The number of hydrogen-bond donors (Lipinski definition) is 3. The highest BCUT2D eigenvalue weighted by atomic mass is 16.4. The molecule has 0 saturated heterocycles. The summed E-state index contributed by atoms with van der Waals surface area (Å²) in [6, 6.07) is 5.43. The van der Waals surface area contributed by atoms with Crippen molar-refractivity contribution in [3.05, 3.63) is 42.0 Å². The Labute approximate surface area is 134 Å². The van der Waals surface area contributed by atoms with Gasteiger partial charge in [-0.2, -0.15) is 0 Å². The smallest absolute Gasteiger partial charge is 0.326 e. The fourth-order valence-electron chi connectivity index (χ4n) is 2.03. The van der Waals surface area contributed by atoms with E-state index in [2.05, 4.69) is 10.6 Å². The van der Waals surface area contributed by atoms with Gasteiger partial charge in [0, 0.05) is 17.2 Å². The Morgan fingerprint density at radius 3 is 2.43 bits per heavy atom. The molecule has 1 aliphatic carbocycles. The van der Waals surface area contributed by atoms with Crippen LogP contribution in [0.25, 0.3) is 0 Å². The van der Waals surface area contributed by atoms with Gasteiger partial charge in [0.05, 0.1) is 0 Å². The molecule has 6 heteroatoms. The van der Waals surface area contributed by atoms with E-state index in [1.54, 1.807) is 43.3 Å². The second-order valence-corrected chi connectivity index (χ2v) is 5.51. The molecule has 0 aliphatic heterocycles. The molecule has 2 amide bonds. The van der Waals surface area contributed by atoms with Crippen molar-refractivity contribution in [1.82, 2.24) is 5.32 Å². The van der Waals surface area contributed by atoms with Crippen LogP contribution in [0.4, 0.5) is 5.69 Å². The molecule has 1 aromatic carbocycles. The molecule has 1 atom stereocenters. The van der Waals surface area contributed by atoms with Crippen molar-refractivity contribution in [2.24, 2.45) is 5.92 Å². The number of allylic oxidation sites excluding steroid dienone is 1. The summed E-state index contributed by atoms with van der Waals surface area (Å²) in [5.41, 5.74) is 0.975. The molecule has 122 valence electrons. The molecule has 1 saturated carbocycles. The van der Waals surface area contributed by atoms with E-state index in [-0.39, 0.29) is 18.2 Å². The first-order valence-electron chi connectivity index (χ1n) is 7.57. The summed E-state index contributed by atoms with van der Waals surface area (Å²) in [5, 5.41) is 14.4. The van der Waals surface area contributed by atoms with Crippen LogP contribution < -0.4 is 10.6 Å². The van der Waals surface area contributed by atoms with Gasteiger partial charge in [-0.15, -0.1) is 0 Å². The Hall–Kier alpha value is -2.63. The number of hydrogen-bond acceptors (Lipinski definition) is 3. The summed E-state index contributed by atoms with van der Waals surface area (Å²) in [6.45, 7) is 1.79. The summed E-state index contributed by atoms with van der Waals surface area (Å²) in [4.78, 5) is 34.9. The molecule has 0 radical (unpaired) electrons. The zero-order valence-electron chi connectivity index (χ0n) is 12.9. The quantitative estimate of drug-likeness (QED) is 0.672. The van der Waals surface area contributed by atoms with Gasteiger partial charge in [0.25, 0.3) is 5.91 Å². The molecule has 2 rings (SSSR count). The van der Waals surface area contributed by atoms with E-state index in [0.29, 0.717) is 11.3 Å². The second kappa shape index (κ2) is 7.58. The third-order valence-corrected chi connectivity index (χ3v) is 3.57. The minimum absolute atomic E-state index is 0.000467. The predicted molar refractivity (Wildman–Crippen MR) is 86.1 cm³/mol. The van der Waals surface area contributed by atoms with Crippen molar-refractivity contribution in [1.29, 1.82) is 0 Å². The summed E-state index contributed by atoms with van der Waals surface area (Å²) in [7, 11) is 0. The van der Waals surface area contributed by atoms with Gasteiger partial charge in [-0.05, 0) is 50.5 Å². The Bertz CT molecular complexity index is 618. The van der Waals surface area contributed by atoms with E-state index in [0.717, 1.165) is 12.8 Å². The fraction of sp³-hybridized carbons (Fsp3) is 0.353. The SMILES string of the molecule is C/C=C/CC(NC(=O)c1ccc(NC(=O)C2CC2)cc1)C(=O)O. The first kappa shape index (κ1) is 16.7. The van der Waals surface area contributed by atoms with Crippen LogP contribution in [0, 0.1) is 5.92 Å². The molecule has 1 fully saturated rings. The summed E-state index contributed by atoms with van der Waals surface area (Å²) >= 11 is 0. The van der Waals surface area contributed by atoms with E-state index < -0.39 is 17.9 Å². The van der Waals surface area contributed by atoms with Crippen LogP contribution in [0.1, 0.15) is 36.5 Å². The van der Waals surface area contributed by atoms with Crippen molar-refractivity contribution in [3.8, 4) is 0 Å². The molecular weight excluding hydrogens is 296 g/mol. The number of aliphatic carboxylic acids is 1. The zero-order chi connectivity index (χ0) is 16.8. The lowest BCUT2D eigenvalue weighted by Crippen LogP contribution is -2.40. The van der Waals surface area contributed by atoms with Crippen LogP contribution >= 0.6 is 0 Å². The first-order chi connectivity index (χ1) is 11.0. The number of carboxylic acid groups (broad SMARTS) is 1. The highest BCUT2D eigenvalue weighted by Crippen LogP contribution is 2.30. The van der Waals surface area contributed by atoms with Gasteiger partial charge in [-0.3, -0.25) is 9.59 Å². The maximum atomic E-state index is 12.1. The Kier molecular flexibility index (Phi) is 5.51. The van der Waals surface area contributed by atoms with Crippen LogP contribution in [0.15, 0.2) is 36.4 Å². The van der Waals surface area contributed by atoms with Crippen LogP contribution in [0.2, 0.25) is 0 Å². The summed E-state index contributed by atoms with van der Waals surface area (Å²) < 4.78 is 0. The molecule has 1 aliphatic rings. The largest absolute Gasteiger partial charge is 0.480 e. The third kappa shape index (κ3) is 4.95. The molecule has 0 spiro atoms. The molecular formula is C17H20N2O4. The van der Waals surface area contributed by atoms with Gasteiger partial charge in [-0.1, -0.05) is 12.2 Å². The summed E-state index contributed by atoms with van der Waals surface area (Å²) in [5.74, 6) is -1.42. The van der Waals surface area contributed by atoms with Crippen molar-refractivity contribution in [2.45, 2.75) is 32.2 Å². The lowest BCUT2D eigenvalue weighted by atomic mass is 10.1. The van der Waals surface area contributed by atoms with Gasteiger partial charge >= 0.3 is 5.97 Å². The molecule has 0 aromatic heterocycles. The van der Waals surface area contributed by atoms with Crippen LogP contribution in [0.3, 0.4) is 0 Å². The predicted octanol–water partition coefficient (Wildman–Crippen LogP) is 2.18. The average Bonchev–Trinajstić information content (AvgIpc) is 3.36. The monoisotopic (exact) mass is 316 g/mol. The minimum atomic E-state index is -1.08. The van der Waals surface area contributed by atoms with Gasteiger partial charge in [0.2, 0.25) is 5.91 Å². The fourth-order valence-corrected chi connectivity index (χ4v) is 2.03. The number of rotatable bonds is 7. The van der Waals surface area contributed by atoms with Gasteiger partial charge in [0.15, 0.2) is 0 Å². The zero-order valence-corrected chi connectivity index (χ0v) is 12.9. The van der Waals surface area contributed by atoms with Crippen LogP contribution in [-0.2, 0) is 9.59 Å². The van der Waals surface area contributed by atoms with E-state index in [4.69, 9.17) is 5.11 Å². The maximum absolute atomic E-state index is 12.1. The molecule has 0 bridgehead atoms. The molecule has 0 heterocycles. The van der Waals surface area contributed by atoms with Gasteiger partial charge in [-0.25, -0.2) is 4.79 Å². The minimum Gasteiger partial charge on any atom is -0.480 e. The molecule has 1 unspecified atom stereocenters. The lowest BCUT2D eigenvalue weighted by molar-refractivity contribution is -0.139. The normalized spacial score (nSPS) is 15.2. The number of anilines is 1. The highest BCUT2D eigenvalue weighted by Gasteiger charge is 2.29. The number of carbonyl (C=O) groups is 3. The van der Waals surface area contributed by atoms with Crippen molar-refractivity contribution in [2.75, 3.05) is 5.32 Å². The lowest BCUT2D eigenvalue weighted by Gasteiger charge is -2.13. The number of benzene rings is 1. The molecule has 23 heavy (non-hydrogen) atoms. The number of amides is 2. The summed E-state index contributed by atoms with van der Waals surface area (Å²) in [6.07, 6.45) is 5.51.